The fourth-order valence-corrected chi connectivity index (χ4v) is 3.33. The lowest BCUT2D eigenvalue weighted by molar-refractivity contribution is -0.142. The van der Waals surface area contributed by atoms with Crippen molar-refractivity contribution in [1.29, 1.82) is 0 Å². The molecule has 3 rings (SSSR count). The first-order chi connectivity index (χ1) is 10.1. The van der Waals surface area contributed by atoms with Gasteiger partial charge in [-0.05, 0) is 48.9 Å². The number of benzene rings is 1. The summed E-state index contributed by atoms with van der Waals surface area (Å²) >= 11 is 0. The number of likely N-dealkylation sites (tertiary alicyclic amines) is 1. The number of carbonyl (C=O) groups is 2. The zero-order valence-electron chi connectivity index (χ0n) is 12.1. The SMILES string of the molecule is CC1CCN(C(=O)c2ccc3c(c2)CCCN3)C1C(=O)O. The first-order valence-corrected chi connectivity index (χ1v) is 7.48. The number of hydrogen-bond donors (Lipinski definition) is 2. The van der Waals surface area contributed by atoms with Crippen LogP contribution < -0.4 is 5.32 Å². The summed E-state index contributed by atoms with van der Waals surface area (Å²) in [5, 5.41) is 12.7. The van der Waals surface area contributed by atoms with Crippen molar-refractivity contribution in [3.8, 4) is 0 Å². The van der Waals surface area contributed by atoms with Crippen LogP contribution in [-0.4, -0.2) is 41.0 Å². The third kappa shape index (κ3) is 2.48. The number of amides is 1. The number of aryl methyl sites for hydroxylation is 1. The number of carbonyl (C=O) groups excluding carboxylic acids is 1. The van der Waals surface area contributed by atoms with E-state index in [1.807, 2.05) is 19.1 Å². The van der Waals surface area contributed by atoms with Crippen molar-refractivity contribution in [2.75, 3.05) is 18.4 Å². The molecule has 0 aromatic heterocycles. The second kappa shape index (κ2) is 5.39. The molecular weight excluding hydrogens is 268 g/mol. The van der Waals surface area contributed by atoms with Gasteiger partial charge in [0.1, 0.15) is 6.04 Å². The monoisotopic (exact) mass is 288 g/mol. The van der Waals surface area contributed by atoms with Crippen LogP contribution >= 0.6 is 0 Å². The molecule has 21 heavy (non-hydrogen) atoms. The zero-order chi connectivity index (χ0) is 15.0. The minimum Gasteiger partial charge on any atom is -0.480 e. The highest BCUT2D eigenvalue weighted by atomic mass is 16.4. The highest BCUT2D eigenvalue weighted by Crippen LogP contribution is 2.28. The summed E-state index contributed by atoms with van der Waals surface area (Å²) in [6, 6.07) is 4.93. The molecule has 2 unspecified atom stereocenters. The Morgan fingerprint density at radius 1 is 1.38 bits per heavy atom. The van der Waals surface area contributed by atoms with Crippen LogP contribution in [0, 0.1) is 5.92 Å². The van der Waals surface area contributed by atoms with Crippen molar-refractivity contribution >= 4 is 17.6 Å². The molecule has 0 spiro atoms. The van der Waals surface area contributed by atoms with Gasteiger partial charge in [0.05, 0.1) is 0 Å². The summed E-state index contributed by atoms with van der Waals surface area (Å²) in [6.45, 7) is 3.38. The lowest BCUT2D eigenvalue weighted by Gasteiger charge is -2.24. The maximum atomic E-state index is 12.6. The maximum absolute atomic E-state index is 12.6. The molecule has 2 N–H and O–H groups in total. The average Bonchev–Trinajstić information content (AvgIpc) is 2.88. The van der Waals surface area contributed by atoms with Crippen molar-refractivity contribution in [1.82, 2.24) is 4.90 Å². The van der Waals surface area contributed by atoms with Gasteiger partial charge in [-0.1, -0.05) is 6.92 Å². The Bertz CT molecular complexity index is 585. The molecule has 1 fully saturated rings. The predicted octanol–water partition coefficient (Wildman–Crippen LogP) is 1.98. The summed E-state index contributed by atoms with van der Waals surface area (Å²) in [5.74, 6) is -1.07. The van der Waals surface area contributed by atoms with E-state index in [4.69, 9.17) is 0 Å². The molecule has 0 aliphatic carbocycles. The Morgan fingerprint density at radius 2 is 2.19 bits per heavy atom. The number of rotatable bonds is 2. The standard InChI is InChI=1S/C16H20N2O3/c1-10-6-8-18(14(10)16(20)21)15(19)12-4-5-13-11(9-12)3-2-7-17-13/h4-5,9-10,14,17H,2-3,6-8H2,1H3,(H,20,21). The molecular formula is C16H20N2O3. The van der Waals surface area contributed by atoms with Crippen molar-refractivity contribution in [3.05, 3.63) is 29.3 Å². The molecule has 1 aromatic carbocycles. The van der Waals surface area contributed by atoms with Gasteiger partial charge in [-0.15, -0.1) is 0 Å². The van der Waals surface area contributed by atoms with Crippen LogP contribution in [0.5, 0.6) is 0 Å². The van der Waals surface area contributed by atoms with Gasteiger partial charge in [0.25, 0.3) is 5.91 Å². The fraction of sp³-hybridized carbons (Fsp3) is 0.500. The first kappa shape index (κ1) is 13.9. The predicted molar refractivity (Wildman–Crippen MR) is 79.5 cm³/mol. The van der Waals surface area contributed by atoms with Crippen LogP contribution in [0.4, 0.5) is 5.69 Å². The minimum atomic E-state index is -0.909. The van der Waals surface area contributed by atoms with Gasteiger partial charge in [-0.3, -0.25) is 4.79 Å². The molecule has 2 atom stereocenters. The molecule has 1 amide bonds. The number of carboxylic acid groups (broad SMARTS) is 1. The third-order valence-electron chi connectivity index (χ3n) is 4.50. The Hall–Kier alpha value is -2.04. The van der Waals surface area contributed by atoms with E-state index in [2.05, 4.69) is 5.32 Å². The maximum Gasteiger partial charge on any atom is 0.326 e. The van der Waals surface area contributed by atoms with E-state index in [-0.39, 0.29) is 11.8 Å². The van der Waals surface area contributed by atoms with Crippen molar-refractivity contribution in [2.45, 2.75) is 32.2 Å². The normalized spacial score (nSPS) is 24.3. The van der Waals surface area contributed by atoms with Gasteiger partial charge in [-0.25, -0.2) is 4.79 Å². The van der Waals surface area contributed by atoms with Gasteiger partial charge in [0.15, 0.2) is 0 Å². The smallest absolute Gasteiger partial charge is 0.326 e. The summed E-state index contributed by atoms with van der Waals surface area (Å²) in [7, 11) is 0. The number of hydrogen-bond acceptors (Lipinski definition) is 3. The average molecular weight is 288 g/mol. The van der Waals surface area contributed by atoms with E-state index >= 15 is 0 Å². The van der Waals surface area contributed by atoms with E-state index < -0.39 is 12.0 Å². The van der Waals surface area contributed by atoms with Gasteiger partial charge < -0.3 is 15.3 Å². The van der Waals surface area contributed by atoms with Crippen molar-refractivity contribution < 1.29 is 14.7 Å². The van der Waals surface area contributed by atoms with Crippen molar-refractivity contribution in [3.63, 3.8) is 0 Å². The van der Waals surface area contributed by atoms with E-state index in [0.29, 0.717) is 12.1 Å². The van der Waals surface area contributed by atoms with Crippen LogP contribution in [0.1, 0.15) is 35.7 Å². The second-order valence-electron chi connectivity index (χ2n) is 5.95. The van der Waals surface area contributed by atoms with Crippen LogP contribution in [0.25, 0.3) is 0 Å². The van der Waals surface area contributed by atoms with Crippen LogP contribution in [0.2, 0.25) is 0 Å². The molecule has 2 heterocycles. The zero-order valence-corrected chi connectivity index (χ0v) is 12.1. The fourth-order valence-electron chi connectivity index (χ4n) is 3.33. The lowest BCUT2D eigenvalue weighted by atomic mass is 9.99. The summed E-state index contributed by atoms with van der Waals surface area (Å²) < 4.78 is 0. The Labute approximate surface area is 123 Å². The quantitative estimate of drug-likeness (QED) is 0.873. The topological polar surface area (TPSA) is 69.6 Å². The summed E-state index contributed by atoms with van der Waals surface area (Å²) in [5.41, 5.74) is 2.83. The molecule has 112 valence electrons. The lowest BCUT2D eigenvalue weighted by Crippen LogP contribution is -2.42. The Morgan fingerprint density at radius 3 is 2.95 bits per heavy atom. The number of fused-ring (bicyclic) bond motifs is 1. The molecule has 0 bridgehead atoms. The minimum absolute atomic E-state index is 0.00532. The Kier molecular flexibility index (Phi) is 3.57. The molecule has 1 saturated heterocycles. The number of nitrogens with zero attached hydrogens (tertiary/aromatic N) is 1. The largest absolute Gasteiger partial charge is 0.480 e. The molecule has 0 saturated carbocycles. The molecule has 2 aliphatic rings. The summed E-state index contributed by atoms with van der Waals surface area (Å²) in [6.07, 6.45) is 2.76. The Balaban J connectivity index is 1.86. The second-order valence-corrected chi connectivity index (χ2v) is 5.95. The van der Waals surface area contributed by atoms with E-state index in [1.54, 1.807) is 6.07 Å². The van der Waals surface area contributed by atoms with Crippen LogP contribution in [-0.2, 0) is 11.2 Å². The van der Waals surface area contributed by atoms with Gasteiger partial charge >= 0.3 is 5.97 Å². The van der Waals surface area contributed by atoms with Gasteiger partial charge in [0.2, 0.25) is 0 Å². The van der Waals surface area contributed by atoms with E-state index in [9.17, 15) is 14.7 Å². The molecule has 1 aromatic rings. The van der Waals surface area contributed by atoms with Crippen molar-refractivity contribution in [2.24, 2.45) is 5.92 Å². The highest BCUT2D eigenvalue weighted by Gasteiger charge is 2.39. The highest BCUT2D eigenvalue weighted by molar-refractivity contribution is 5.97. The van der Waals surface area contributed by atoms with E-state index in [0.717, 1.165) is 37.1 Å². The molecule has 5 heteroatoms. The molecule has 0 radical (unpaired) electrons. The van der Waals surface area contributed by atoms with Crippen LogP contribution in [0.15, 0.2) is 18.2 Å². The third-order valence-corrected chi connectivity index (χ3v) is 4.50. The number of aliphatic carboxylic acids is 1. The first-order valence-electron chi connectivity index (χ1n) is 7.48. The van der Waals surface area contributed by atoms with Crippen LogP contribution in [0.3, 0.4) is 0 Å². The summed E-state index contributed by atoms with van der Waals surface area (Å²) in [4.78, 5) is 25.5. The van der Waals surface area contributed by atoms with Gasteiger partial charge in [-0.2, -0.15) is 0 Å². The number of nitrogens with one attached hydrogen (secondary N) is 1. The number of anilines is 1. The molecule has 2 aliphatic heterocycles. The van der Waals surface area contributed by atoms with Gasteiger partial charge in [0, 0.05) is 24.3 Å². The molecule has 5 nitrogen and oxygen atoms in total. The number of carboxylic acids is 1. The van der Waals surface area contributed by atoms with E-state index in [1.165, 1.54) is 4.90 Å².